The zero-order valence-electron chi connectivity index (χ0n) is 12.4. The van der Waals surface area contributed by atoms with Crippen molar-refractivity contribution in [3.8, 4) is 0 Å². The second-order valence-corrected chi connectivity index (χ2v) is 8.04. The Morgan fingerprint density at radius 2 is 1.72 bits per heavy atom. The Morgan fingerprint density at radius 3 is 2.44 bits per heavy atom. The van der Waals surface area contributed by atoms with Gasteiger partial charge in [0.2, 0.25) is 0 Å². The molecule has 4 atom stereocenters. The Labute approximate surface area is 111 Å². The highest BCUT2D eigenvalue weighted by Crippen LogP contribution is 2.66. The van der Waals surface area contributed by atoms with Gasteiger partial charge in [-0.25, -0.2) is 0 Å². The highest BCUT2D eigenvalue weighted by Gasteiger charge is 2.68. The summed E-state index contributed by atoms with van der Waals surface area (Å²) in [6, 6.07) is 0. The Kier molecular flexibility index (Phi) is 2.53. The summed E-state index contributed by atoms with van der Waals surface area (Å²) in [5, 5.41) is 11.4. The summed E-state index contributed by atoms with van der Waals surface area (Å²) in [5.74, 6) is 0.638. The van der Waals surface area contributed by atoms with Gasteiger partial charge in [-0.05, 0) is 43.9 Å². The lowest BCUT2D eigenvalue weighted by Crippen LogP contribution is -2.67. The van der Waals surface area contributed by atoms with Crippen molar-refractivity contribution in [2.24, 2.45) is 16.7 Å². The van der Waals surface area contributed by atoms with E-state index in [1.807, 2.05) is 0 Å². The fourth-order valence-corrected chi connectivity index (χ4v) is 5.72. The van der Waals surface area contributed by atoms with Crippen LogP contribution < -0.4 is 0 Å². The number of aliphatic hydroxyl groups is 1. The van der Waals surface area contributed by atoms with E-state index in [4.69, 9.17) is 4.74 Å². The second-order valence-electron chi connectivity index (χ2n) is 8.04. The van der Waals surface area contributed by atoms with Crippen molar-refractivity contribution in [1.29, 1.82) is 0 Å². The van der Waals surface area contributed by atoms with Gasteiger partial charge in [-0.3, -0.25) is 0 Å². The molecule has 0 aromatic heterocycles. The van der Waals surface area contributed by atoms with Crippen LogP contribution in [0.4, 0.5) is 0 Å². The van der Waals surface area contributed by atoms with Crippen LogP contribution in [0, 0.1) is 16.7 Å². The molecule has 3 rings (SSSR count). The van der Waals surface area contributed by atoms with Gasteiger partial charge in [-0.2, -0.15) is 0 Å². The van der Waals surface area contributed by atoms with Crippen molar-refractivity contribution in [3.05, 3.63) is 0 Å². The van der Waals surface area contributed by atoms with E-state index in [9.17, 15) is 5.11 Å². The molecule has 1 N–H and O–H groups in total. The fraction of sp³-hybridized carbons (Fsp3) is 1.00. The van der Waals surface area contributed by atoms with Crippen LogP contribution in [0.2, 0.25) is 0 Å². The first kappa shape index (κ1) is 12.9. The molecule has 0 aromatic rings. The number of hydrogen-bond acceptors (Lipinski definition) is 2. The monoisotopic (exact) mass is 252 g/mol. The van der Waals surface area contributed by atoms with Crippen LogP contribution in [0.1, 0.15) is 66.2 Å². The molecule has 0 spiro atoms. The largest absolute Gasteiger partial charge is 0.386 e. The first-order valence-corrected chi connectivity index (χ1v) is 7.62. The lowest BCUT2D eigenvalue weighted by Gasteiger charge is -2.64. The molecular formula is C16H28O2. The lowest BCUT2D eigenvalue weighted by atomic mass is 9.44. The first-order chi connectivity index (χ1) is 8.25. The molecule has 0 bridgehead atoms. The van der Waals surface area contributed by atoms with Gasteiger partial charge in [-0.15, -0.1) is 0 Å². The number of ether oxygens (including phenoxy) is 1. The number of fused-ring (bicyclic) bond motifs is 3. The minimum absolute atomic E-state index is 0.0399. The van der Waals surface area contributed by atoms with Crippen molar-refractivity contribution in [1.82, 2.24) is 0 Å². The molecule has 0 radical (unpaired) electrons. The fourth-order valence-electron chi connectivity index (χ4n) is 5.72. The van der Waals surface area contributed by atoms with Gasteiger partial charge in [0.25, 0.3) is 0 Å². The molecule has 1 aliphatic heterocycles. The van der Waals surface area contributed by atoms with Crippen LogP contribution >= 0.6 is 0 Å². The molecule has 2 aliphatic carbocycles. The van der Waals surface area contributed by atoms with Crippen molar-refractivity contribution >= 4 is 0 Å². The second kappa shape index (κ2) is 3.52. The molecule has 18 heavy (non-hydrogen) atoms. The molecule has 3 aliphatic rings. The van der Waals surface area contributed by atoms with E-state index in [2.05, 4.69) is 27.7 Å². The molecule has 0 aromatic carbocycles. The third kappa shape index (κ3) is 1.31. The van der Waals surface area contributed by atoms with Crippen LogP contribution in [0.3, 0.4) is 0 Å². The predicted octanol–water partition coefficient (Wildman–Crippen LogP) is 3.52. The Balaban J connectivity index is 2.07. The Bertz CT molecular complexity index is 364. The number of hydrogen-bond donors (Lipinski definition) is 1. The van der Waals surface area contributed by atoms with Gasteiger partial charge in [0.05, 0.1) is 12.2 Å². The van der Waals surface area contributed by atoms with Gasteiger partial charge in [-0.1, -0.05) is 27.2 Å². The van der Waals surface area contributed by atoms with Gasteiger partial charge in [0.15, 0.2) is 0 Å². The molecule has 1 saturated heterocycles. The maximum absolute atomic E-state index is 11.4. The molecule has 104 valence electrons. The molecule has 2 nitrogen and oxygen atoms in total. The van der Waals surface area contributed by atoms with E-state index < -0.39 is 5.60 Å². The van der Waals surface area contributed by atoms with E-state index in [0.29, 0.717) is 11.3 Å². The normalized spacial score (nSPS) is 54.8. The summed E-state index contributed by atoms with van der Waals surface area (Å²) in [6.45, 7) is 10.0. The molecule has 2 saturated carbocycles. The topological polar surface area (TPSA) is 29.5 Å². The maximum Gasteiger partial charge on any atom is 0.101 e. The van der Waals surface area contributed by atoms with Crippen LogP contribution in [0.15, 0.2) is 0 Å². The van der Waals surface area contributed by atoms with Crippen LogP contribution in [0.25, 0.3) is 0 Å². The van der Waals surface area contributed by atoms with Crippen LogP contribution in [-0.4, -0.2) is 22.9 Å². The van der Waals surface area contributed by atoms with E-state index in [-0.39, 0.29) is 11.0 Å². The van der Waals surface area contributed by atoms with Gasteiger partial charge in [0, 0.05) is 11.8 Å². The third-order valence-electron chi connectivity index (χ3n) is 6.84. The van der Waals surface area contributed by atoms with Crippen molar-refractivity contribution in [2.75, 3.05) is 6.61 Å². The van der Waals surface area contributed by atoms with E-state index in [0.717, 1.165) is 25.9 Å². The Hall–Kier alpha value is -0.0800. The van der Waals surface area contributed by atoms with Gasteiger partial charge >= 0.3 is 0 Å². The molecule has 0 amide bonds. The summed E-state index contributed by atoms with van der Waals surface area (Å²) < 4.78 is 5.98. The average Bonchev–Trinajstić information content (AvgIpc) is 2.55. The van der Waals surface area contributed by atoms with Crippen molar-refractivity contribution < 1.29 is 9.84 Å². The SMILES string of the molecule is CC1(C)CCCC2(C)C1CCC1(C)OCCC12O. The van der Waals surface area contributed by atoms with Crippen LogP contribution in [0.5, 0.6) is 0 Å². The van der Waals surface area contributed by atoms with E-state index >= 15 is 0 Å². The molecular weight excluding hydrogens is 224 g/mol. The highest BCUT2D eigenvalue weighted by molar-refractivity contribution is 5.18. The zero-order chi connectivity index (χ0) is 13.2. The summed E-state index contributed by atoms with van der Waals surface area (Å²) in [5.41, 5.74) is -0.503. The minimum atomic E-state index is -0.611. The summed E-state index contributed by atoms with van der Waals surface area (Å²) in [7, 11) is 0. The molecule has 2 heteroatoms. The summed E-state index contributed by atoms with van der Waals surface area (Å²) in [6.07, 6.45) is 6.78. The smallest absolute Gasteiger partial charge is 0.101 e. The minimum Gasteiger partial charge on any atom is -0.386 e. The molecule has 4 unspecified atom stereocenters. The van der Waals surface area contributed by atoms with E-state index in [1.165, 1.54) is 19.3 Å². The lowest BCUT2D eigenvalue weighted by molar-refractivity contribution is -0.246. The predicted molar refractivity (Wildman–Crippen MR) is 72.4 cm³/mol. The average molecular weight is 252 g/mol. The van der Waals surface area contributed by atoms with Gasteiger partial charge in [0.1, 0.15) is 5.60 Å². The highest BCUT2D eigenvalue weighted by atomic mass is 16.5. The summed E-state index contributed by atoms with van der Waals surface area (Å²) in [4.78, 5) is 0. The van der Waals surface area contributed by atoms with Crippen LogP contribution in [-0.2, 0) is 4.74 Å². The first-order valence-electron chi connectivity index (χ1n) is 7.62. The quantitative estimate of drug-likeness (QED) is 0.714. The molecule has 1 heterocycles. The number of rotatable bonds is 0. The third-order valence-corrected chi connectivity index (χ3v) is 6.84. The van der Waals surface area contributed by atoms with Crippen molar-refractivity contribution in [2.45, 2.75) is 77.4 Å². The van der Waals surface area contributed by atoms with Crippen molar-refractivity contribution in [3.63, 3.8) is 0 Å². The Morgan fingerprint density at radius 1 is 1.00 bits per heavy atom. The van der Waals surface area contributed by atoms with Gasteiger partial charge < -0.3 is 9.84 Å². The zero-order valence-corrected chi connectivity index (χ0v) is 12.4. The van der Waals surface area contributed by atoms with E-state index in [1.54, 1.807) is 0 Å². The maximum atomic E-state index is 11.4. The standard InChI is InChI=1S/C16H28O2/c1-13(2)7-5-8-14(3)12(13)6-9-15(4)16(14,17)10-11-18-15/h12,17H,5-11H2,1-4H3. The summed E-state index contributed by atoms with van der Waals surface area (Å²) >= 11 is 0. The molecule has 3 fully saturated rings.